The van der Waals surface area contributed by atoms with E-state index in [1.54, 1.807) is 0 Å². The van der Waals surface area contributed by atoms with E-state index in [-0.39, 0.29) is 17.1 Å². The standard InChI is InChI=1S/C14H17BrN4O/c1-8-5-6-9(15)7-10(8)16-12(20)11-17-13(19-18-11)14(2,3)4/h5-7H,1-4H3,(H,16,20)(H,17,18,19). The van der Waals surface area contributed by atoms with Gasteiger partial charge in [-0.05, 0) is 24.6 Å². The van der Waals surface area contributed by atoms with Crippen LogP contribution >= 0.6 is 15.9 Å². The van der Waals surface area contributed by atoms with Crippen LogP contribution in [0.1, 0.15) is 42.8 Å². The Hall–Kier alpha value is -1.69. The number of aryl methyl sites for hydroxylation is 1. The molecule has 0 radical (unpaired) electrons. The van der Waals surface area contributed by atoms with Crippen molar-refractivity contribution in [1.29, 1.82) is 0 Å². The van der Waals surface area contributed by atoms with Gasteiger partial charge in [0.05, 0.1) is 0 Å². The molecule has 1 aromatic heterocycles. The summed E-state index contributed by atoms with van der Waals surface area (Å²) in [6, 6.07) is 5.71. The van der Waals surface area contributed by atoms with E-state index in [0.29, 0.717) is 5.82 Å². The number of carbonyl (C=O) groups excluding carboxylic acids is 1. The number of hydrogen-bond donors (Lipinski definition) is 2. The fourth-order valence-corrected chi connectivity index (χ4v) is 1.97. The first-order chi connectivity index (χ1) is 9.27. The lowest BCUT2D eigenvalue weighted by Gasteiger charge is -2.12. The zero-order valence-electron chi connectivity index (χ0n) is 11.9. The summed E-state index contributed by atoms with van der Waals surface area (Å²) in [5, 5.41) is 9.60. The highest BCUT2D eigenvalue weighted by atomic mass is 79.9. The molecule has 20 heavy (non-hydrogen) atoms. The van der Waals surface area contributed by atoms with Crippen molar-refractivity contribution in [3.05, 3.63) is 39.9 Å². The molecule has 2 rings (SSSR count). The lowest BCUT2D eigenvalue weighted by atomic mass is 9.96. The number of nitrogens with zero attached hydrogens (tertiary/aromatic N) is 2. The molecule has 0 aliphatic carbocycles. The van der Waals surface area contributed by atoms with Gasteiger partial charge in [-0.1, -0.05) is 42.8 Å². The maximum atomic E-state index is 12.1. The van der Waals surface area contributed by atoms with Gasteiger partial charge in [0, 0.05) is 15.6 Å². The Kier molecular flexibility index (Phi) is 3.94. The first-order valence-corrected chi connectivity index (χ1v) is 7.07. The quantitative estimate of drug-likeness (QED) is 0.882. The average Bonchev–Trinajstić information content (AvgIpc) is 2.83. The monoisotopic (exact) mass is 336 g/mol. The van der Waals surface area contributed by atoms with Crippen molar-refractivity contribution in [1.82, 2.24) is 15.2 Å². The molecule has 0 aliphatic rings. The Morgan fingerprint density at radius 1 is 1.35 bits per heavy atom. The molecule has 0 atom stereocenters. The number of rotatable bonds is 2. The van der Waals surface area contributed by atoms with E-state index < -0.39 is 0 Å². The Balaban J connectivity index is 2.20. The molecule has 0 saturated heterocycles. The number of anilines is 1. The zero-order valence-corrected chi connectivity index (χ0v) is 13.5. The van der Waals surface area contributed by atoms with Gasteiger partial charge >= 0.3 is 0 Å². The summed E-state index contributed by atoms with van der Waals surface area (Å²) in [5.74, 6) is 0.515. The molecule has 0 spiro atoms. The van der Waals surface area contributed by atoms with Gasteiger partial charge in [-0.3, -0.25) is 9.89 Å². The number of halogens is 1. The molecule has 0 aliphatic heterocycles. The van der Waals surface area contributed by atoms with Crippen molar-refractivity contribution < 1.29 is 4.79 Å². The van der Waals surface area contributed by atoms with E-state index in [4.69, 9.17) is 0 Å². The molecular formula is C14H17BrN4O. The van der Waals surface area contributed by atoms with Crippen molar-refractivity contribution in [3.8, 4) is 0 Å². The predicted molar refractivity (Wildman–Crippen MR) is 81.9 cm³/mol. The van der Waals surface area contributed by atoms with Crippen molar-refractivity contribution >= 4 is 27.5 Å². The Labute approximate surface area is 126 Å². The predicted octanol–water partition coefficient (Wildman–Crippen LogP) is 3.43. The highest BCUT2D eigenvalue weighted by Crippen LogP contribution is 2.21. The second kappa shape index (κ2) is 5.36. The van der Waals surface area contributed by atoms with Crippen molar-refractivity contribution in [3.63, 3.8) is 0 Å². The summed E-state index contributed by atoms with van der Waals surface area (Å²) in [6.07, 6.45) is 0. The molecular weight excluding hydrogens is 320 g/mol. The normalized spacial score (nSPS) is 11.4. The first kappa shape index (κ1) is 14.7. The van der Waals surface area contributed by atoms with Crippen LogP contribution in [0.25, 0.3) is 0 Å². The van der Waals surface area contributed by atoms with Crippen LogP contribution < -0.4 is 5.32 Å². The van der Waals surface area contributed by atoms with Crippen LogP contribution in [-0.2, 0) is 5.41 Å². The SMILES string of the molecule is Cc1ccc(Br)cc1NC(=O)c1n[nH]c(C(C)(C)C)n1. The molecule has 2 N–H and O–H groups in total. The van der Waals surface area contributed by atoms with Crippen LogP contribution in [0.4, 0.5) is 5.69 Å². The van der Waals surface area contributed by atoms with Gasteiger partial charge in [0.15, 0.2) is 0 Å². The smallest absolute Gasteiger partial charge is 0.295 e. The molecule has 1 heterocycles. The van der Waals surface area contributed by atoms with Gasteiger partial charge in [0.1, 0.15) is 5.82 Å². The molecule has 0 unspecified atom stereocenters. The number of nitrogens with one attached hydrogen (secondary N) is 2. The number of aromatic amines is 1. The number of hydrogen-bond acceptors (Lipinski definition) is 3. The molecule has 2 aromatic rings. The van der Waals surface area contributed by atoms with E-state index in [1.807, 2.05) is 45.9 Å². The Bertz CT molecular complexity index is 643. The molecule has 1 aromatic carbocycles. The molecule has 0 fully saturated rings. The minimum Gasteiger partial charge on any atom is -0.319 e. The summed E-state index contributed by atoms with van der Waals surface area (Å²) in [6.45, 7) is 7.95. The number of amides is 1. The number of aromatic nitrogens is 3. The van der Waals surface area contributed by atoms with Gasteiger partial charge < -0.3 is 5.32 Å². The van der Waals surface area contributed by atoms with Crippen molar-refractivity contribution in [2.45, 2.75) is 33.1 Å². The van der Waals surface area contributed by atoms with Crippen molar-refractivity contribution in [2.24, 2.45) is 0 Å². The van der Waals surface area contributed by atoms with E-state index in [1.165, 1.54) is 0 Å². The first-order valence-electron chi connectivity index (χ1n) is 6.28. The second-order valence-electron chi connectivity index (χ2n) is 5.67. The number of H-pyrrole nitrogens is 1. The van der Waals surface area contributed by atoms with Crippen LogP contribution in [0, 0.1) is 6.92 Å². The summed E-state index contributed by atoms with van der Waals surface area (Å²) in [5.41, 5.74) is 1.55. The van der Waals surface area contributed by atoms with Gasteiger partial charge in [-0.15, -0.1) is 5.10 Å². The van der Waals surface area contributed by atoms with E-state index in [9.17, 15) is 4.79 Å². The fraction of sp³-hybridized carbons (Fsp3) is 0.357. The van der Waals surface area contributed by atoms with E-state index in [2.05, 4.69) is 36.4 Å². The van der Waals surface area contributed by atoms with Crippen LogP contribution in [0.2, 0.25) is 0 Å². The Morgan fingerprint density at radius 3 is 2.65 bits per heavy atom. The van der Waals surface area contributed by atoms with Gasteiger partial charge in [-0.25, -0.2) is 4.98 Å². The average molecular weight is 337 g/mol. The zero-order chi connectivity index (χ0) is 14.9. The van der Waals surface area contributed by atoms with Crippen LogP contribution in [-0.4, -0.2) is 21.1 Å². The third-order valence-corrected chi connectivity index (χ3v) is 3.34. The number of carbonyl (C=O) groups is 1. The topological polar surface area (TPSA) is 70.7 Å². The van der Waals surface area contributed by atoms with Gasteiger partial charge in [0.2, 0.25) is 5.82 Å². The third-order valence-electron chi connectivity index (χ3n) is 2.85. The molecule has 106 valence electrons. The van der Waals surface area contributed by atoms with Crippen LogP contribution in [0.3, 0.4) is 0 Å². The fourth-order valence-electron chi connectivity index (χ4n) is 1.61. The summed E-state index contributed by atoms with van der Waals surface area (Å²) in [7, 11) is 0. The lowest BCUT2D eigenvalue weighted by Crippen LogP contribution is -2.16. The second-order valence-corrected chi connectivity index (χ2v) is 6.59. The van der Waals surface area contributed by atoms with E-state index in [0.717, 1.165) is 15.7 Å². The summed E-state index contributed by atoms with van der Waals surface area (Å²) in [4.78, 5) is 16.4. The summed E-state index contributed by atoms with van der Waals surface area (Å²) < 4.78 is 0.906. The molecule has 0 saturated carbocycles. The van der Waals surface area contributed by atoms with Crippen LogP contribution in [0.15, 0.2) is 22.7 Å². The minimum absolute atomic E-state index is 0.148. The molecule has 0 bridgehead atoms. The maximum Gasteiger partial charge on any atom is 0.295 e. The lowest BCUT2D eigenvalue weighted by molar-refractivity contribution is 0.101. The number of benzene rings is 1. The largest absolute Gasteiger partial charge is 0.319 e. The highest BCUT2D eigenvalue weighted by Gasteiger charge is 2.21. The van der Waals surface area contributed by atoms with Gasteiger partial charge in [0.25, 0.3) is 5.91 Å². The Morgan fingerprint density at radius 2 is 2.05 bits per heavy atom. The van der Waals surface area contributed by atoms with Crippen LogP contribution in [0.5, 0.6) is 0 Å². The van der Waals surface area contributed by atoms with Crippen molar-refractivity contribution in [2.75, 3.05) is 5.32 Å². The molecule has 1 amide bonds. The van der Waals surface area contributed by atoms with Gasteiger partial charge in [-0.2, -0.15) is 0 Å². The minimum atomic E-state index is -0.321. The molecule has 5 nitrogen and oxygen atoms in total. The third kappa shape index (κ3) is 3.25. The maximum absolute atomic E-state index is 12.1. The van der Waals surface area contributed by atoms with E-state index >= 15 is 0 Å². The highest BCUT2D eigenvalue weighted by molar-refractivity contribution is 9.10. The molecule has 6 heteroatoms. The summed E-state index contributed by atoms with van der Waals surface area (Å²) >= 11 is 3.38.